The van der Waals surface area contributed by atoms with Gasteiger partial charge in [0, 0.05) is 48.3 Å². The van der Waals surface area contributed by atoms with Gasteiger partial charge in [0.05, 0.1) is 5.69 Å². The number of nitrogens with two attached hydrogens (primary N) is 1. The number of benzene rings is 3. The van der Waals surface area contributed by atoms with Gasteiger partial charge in [-0.2, -0.15) is 0 Å². The highest BCUT2D eigenvalue weighted by atomic mass is 16.2. The van der Waals surface area contributed by atoms with Crippen molar-refractivity contribution in [3.8, 4) is 22.3 Å². The summed E-state index contributed by atoms with van der Waals surface area (Å²) in [6, 6.07) is 29.2. The van der Waals surface area contributed by atoms with Crippen molar-refractivity contribution in [3.63, 3.8) is 0 Å². The third-order valence-electron chi connectivity index (χ3n) is 5.65. The molecule has 0 bridgehead atoms. The van der Waals surface area contributed by atoms with Crippen molar-refractivity contribution >= 4 is 29.1 Å². The van der Waals surface area contributed by atoms with Gasteiger partial charge in [-0.25, -0.2) is 4.98 Å². The van der Waals surface area contributed by atoms with E-state index in [0.717, 1.165) is 51.6 Å². The second-order valence-electron chi connectivity index (χ2n) is 7.86. The summed E-state index contributed by atoms with van der Waals surface area (Å²) in [6.07, 6.45) is 3.52. The number of rotatable bonds is 5. The standard InChI is InChI=1S/C28H24N4.CH4O.CH2O/c1-19-26(22-15-23(29)18-30-17-22)25-14-8-13-24(21-11-6-3-7-12-21)27(25)28(32-19)31-16-20-9-4-2-5-10-20;2*1-2/h2-15,17-18H,16,29H2,1H3,(H,31,32);2H,1H3;1H2. The number of fused-ring (bicyclic) bond motifs is 1. The number of pyridine rings is 2. The lowest BCUT2D eigenvalue weighted by Crippen LogP contribution is -2.05. The van der Waals surface area contributed by atoms with Gasteiger partial charge < -0.3 is 21.0 Å². The fraction of sp³-hybridized carbons (Fsp3) is 0.100. The van der Waals surface area contributed by atoms with E-state index in [-0.39, 0.29) is 0 Å². The van der Waals surface area contributed by atoms with Crippen molar-refractivity contribution in [3.05, 3.63) is 109 Å². The van der Waals surface area contributed by atoms with Gasteiger partial charge in [0.15, 0.2) is 0 Å². The van der Waals surface area contributed by atoms with Crippen molar-refractivity contribution in [2.24, 2.45) is 0 Å². The van der Waals surface area contributed by atoms with Crippen molar-refractivity contribution in [2.75, 3.05) is 18.2 Å². The Hall–Kier alpha value is -4.55. The SMILES string of the molecule is C=O.CO.Cc1nc(NCc2ccccc2)c2c(-c3ccccc3)cccc2c1-c1cncc(N)c1. The highest BCUT2D eigenvalue weighted by molar-refractivity contribution is 6.10. The molecule has 0 atom stereocenters. The summed E-state index contributed by atoms with van der Waals surface area (Å²) in [5.74, 6) is 0.876. The molecular weight excluding hydrogens is 448 g/mol. The topological polar surface area (TPSA) is 101 Å². The minimum Gasteiger partial charge on any atom is -0.400 e. The smallest absolute Gasteiger partial charge is 0.135 e. The number of nitrogens with zero attached hydrogens (tertiary/aromatic N) is 2. The molecule has 182 valence electrons. The number of aromatic nitrogens is 2. The van der Waals surface area contributed by atoms with Crippen LogP contribution in [-0.4, -0.2) is 29.0 Å². The number of carbonyl (C=O) groups is 1. The Morgan fingerprint density at radius 1 is 0.861 bits per heavy atom. The number of aryl methyl sites for hydroxylation is 1. The van der Waals surface area contributed by atoms with Gasteiger partial charge in [0.2, 0.25) is 0 Å². The molecule has 6 nitrogen and oxygen atoms in total. The predicted octanol–water partition coefficient (Wildman–Crippen LogP) is 5.89. The van der Waals surface area contributed by atoms with E-state index in [9.17, 15) is 0 Å². The zero-order valence-electron chi connectivity index (χ0n) is 20.5. The van der Waals surface area contributed by atoms with Crippen molar-refractivity contribution in [2.45, 2.75) is 13.5 Å². The zero-order valence-corrected chi connectivity index (χ0v) is 20.5. The summed E-state index contributed by atoms with van der Waals surface area (Å²) in [4.78, 5) is 17.3. The maximum absolute atomic E-state index is 8.00. The summed E-state index contributed by atoms with van der Waals surface area (Å²) in [5.41, 5.74) is 13.2. The molecule has 0 saturated heterocycles. The van der Waals surface area contributed by atoms with Gasteiger partial charge in [-0.05, 0) is 35.1 Å². The largest absolute Gasteiger partial charge is 0.400 e. The molecule has 4 N–H and O–H groups in total. The number of nitrogen functional groups attached to an aromatic ring is 1. The van der Waals surface area contributed by atoms with Crippen LogP contribution >= 0.6 is 0 Å². The normalized spacial score (nSPS) is 9.97. The average molecular weight is 479 g/mol. The first kappa shape index (κ1) is 26.1. The molecule has 0 spiro atoms. The lowest BCUT2D eigenvalue weighted by Gasteiger charge is -2.18. The van der Waals surface area contributed by atoms with E-state index in [0.29, 0.717) is 12.2 Å². The van der Waals surface area contributed by atoms with Crippen molar-refractivity contribution < 1.29 is 9.90 Å². The highest BCUT2D eigenvalue weighted by Gasteiger charge is 2.17. The lowest BCUT2D eigenvalue weighted by atomic mass is 9.93. The molecule has 6 heteroatoms. The molecule has 36 heavy (non-hydrogen) atoms. The molecule has 2 aromatic heterocycles. The van der Waals surface area contributed by atoms with Crippen LogP contribution in [0.25, 0.3) is 33.0 Å². The molecule has 0 fully saturated rings. The maximum Gasteiger partial charge on any atom is 0.135 e. The summed E-state index contributed by atoms with van der Waals surface area (Å²) >= 11 is 0. The van der Waals surface area contributed by atoms with Crippen LogP contribution in [-0.2, 0) is 11.3 Å². The van der Waals surface area contributed by atoms with Gasteiger partial charge in [-0.3, -0.25) is 4.98 Å². The average Bonchev–Trinajstić information content (AvgIpc) is 2.94. The Bertz CT molecular complexity index is 1410. The van der Waals surface area contributed by atoms with Gasteiger partial charge >= 0.3 is 0 Å². The van der Waals surface area contributed by atoms with E-state index in [1.165, 1.54) is 5.56 Å². The van der Waals surface area contributed by atoms with E-state index in [1.807, 2.05) is 38.1 Å². The van der Waals surface area contributed by atoms with E-state index in [2.05, 4.69) is 77.0 Å². The molecule has 0 aliphatic carbocycles. The monoisotopic (exact) mass is 478 g/mol. The zero-order chi connectivity index (χ0) is 25.9. The molecular formula is C30H30N4O2. The first-order chi connectivity index (χ1) is 17.7. The maximum atomic E-state index is 8.00. The van der Waals surface area contributed by atoms with E-state index >= 15 is 0 Å². The minimum atomic E-state index is 0.639. The molecule has 0 aliphatic heterocycles. The molecule has 3 aromatic carbocycles. The number of carbonyl (C=O) groups excluding carboxylic acids is 1. The number of aliphatic hydroxyl groups is 1. The van der Waals surface area contributed by atoms with Gasteiger partial charge in [-0.1, -0.05) is 78.9 Å². The molecule has 0 aliphatic rings. The quantitative estimate of drug-likeness (QED) is 0.291. The molecule has 5 rings (SSSR count). The number of nitrogens with one attached hydrogen (secondary N) is 1. The molecule has 0 unspecified atom stereocenters. The number of aliphatic hydroxyl groups excluding tert-OH is 1. The van der Waals surface area contributed by atoms with Crippen LogP contribution in [0.3, 0.4) is 0 Å². The minimum absolute atomic E-state index is 0.639. The summed E-state index contributed by atoms with van der Waals surface area (Å²) < 4.78 is 0. The third kappa shape index (κ3) is 5.74. The fourth-order valence-electron chi connectivity index (χ4n) is 4.22. The van der Waals surface area contributed by atoms with Crippen LogP contribution in [0.1, 0.15) is 11.3 Å². The predicted molar refractivity (Wildman–Crippen MR) is 149 cm³/mol. The van der Waals surface area contributed by atoms with Crippen LogP contribution in [0.5, 0.6) is 0 Å². The molecule has 5 aromatic rings. The highest BCUT2D eigenvalue weighted by Crippen LogP contribution is 2.40. The second-order valence-corrected chi connectivity index (χ2v) is 7.86. The van der Waals surface area contributed by atoms with Gasteiger partial charge in [-0.15, -0.1) is 0 Å². The van der Waals surface area contributed by atoms with Crippen LogP contribution < -0.4 is 11.1 Å². The molecule has 2 heterocycles. The molecule has 0 saturated carbocycles. The third-order valence-corrected chi connectivity index (χ3v) is 5.65. The van der Waals surface area contributed by atoms with Crippen LogP contribution in [0, 0.1) is 6.92 Å². The number of anilines is 2. The van der Waals surface area contributed by atoms with Gasteiger partial charge in [0.25, 0.3) is 0 Å². The van der Waals surface area contributed by atoms with Crippen molar-refractivity contribution in [1.29, 1.82) is 0 Å². The van der Waals surface area contributed by atoms with Crippen molar-refractivity contribution in [1.82, 2.24) is 9.97 Å². The second kappa shape index (κ2) is 12.8. The lowest BCUT2D eigenvalue weighted by molar-refractivity contribution is -0.0979. The van der Waals surface area contributed by atoms with Crippen LogP contribution in [0.2, 0.25) is 0 Å². The Balaban J connectivity index is 0.000000861. The number of hydrogen-bond acceptors (Lipinski definition) is 6. The summed E-state index contributed by atoms with van der Waals surface area (Å²) in [5, 5.41) is 12.8. The fourth-order valence-corrected chi connectivity index (χ4v) is 4.22. The number of hydrogen-bond donors (Lipinski definition) is 3. The summed E-state index contributed by atoms with van der Waals surface area (Å²) in [6.45, 7) is 4.74. The Kier molecular flexibility index (Phi) is 9.26. The van der Waals surface area contributed by atoms with Crippen LogP contribution in [0.15, 0.2) is 97.3 Å². The van der Waals surface area contributed by atoms with Gasteiger partial charge in [0.1, 0.15) is 12.6 Å². The van der Waals surface area contributed by atoms with E-state index in [4.69, 9.17) is 20.6 Å². The van der Waals surface area contributed by atoms with E-state index in [1.54, 1.807) is 6.20 Å². The molecule has 0 radical (unpaired) electrons. The summed E-state index contributed by atoms with van der Waals surface area (Å²) in [7, 11) is 1.00. The van der Waals surface area contributed by atoms with Crippen LogP contribution in [0.4, 0.5) is 11.5 Å². The molecule has 0 amide bonds. The Labute approximate surface area is 211 Å². The van der Waals surface area contributed by atoms with E-state index < -0.39 is 0 Å². The first-order valence-electron chi connectivity index (χ1n) is 11.4. The Morgan fingerprint density at radius 3 is 2.19 bits per heavy atom. The Morgan fingerprint density at radius 2 is 1.53 bits per heavy atom. The first-order valence-corrected chi connectivity index (χ1v) is 11.4.